The summed E-state index contributed by atoms with van der Waals surface area (Å²) < 4.78 is 10.7. The van der Waals surface area contributed by atoms with E-state index in [-0.39, 0.29) is 39.3 Å². The molecular formula is C24H23ClN4O6. The molecule has 0 fully saturated rings. The first kappa shape index (κ1) is 25.4. The summed E-state index contributed by atoms with van der Waals surface area (Å²) in [5, 5.41) is 18.2. The number of carbonyl (C=O) groups excluding carboxylic acids is 2. The first-order valence-electron chi connectivity index (χ1n) is 10.5. The Balaban J connectivity index is 1.69. The highest BCUT2D eigenvalue weighted by atomic mass is 35.5. The molecule has 0 aliphatic rings. The second-order valence-electron chi connectivity index (χ2n) is 7.75. The van der Waals surface area contributed by atoms with Gasteiger partial charge in [-0.25, -0.2) is 5.43 Å². The fourth-order valence-corrected chi connectivity index (χ4v) is 3.41. The standard InChI is InChI=1S/C24H23ClN4O6/c1-14(2)22(27-23(30)17-6-4-5-7-19(17)25)24(31)28-26-13-16-9-11-21(35-16)18-10-8-15(34-3)12-20(18)29(32)33/h4-14,22H,1-3H3,(H,27,30)(H,28,31). The smallest absolute Gasteiger partial charge is 0.284 e. The summed E-state index contributed by atoms with van der Waals surface area (Å²) in [6.07, 6.45) is 1.25. The number of hydrogen-bond donors (Lipinski definition) is 2. The number of hydrogen-bond acceptors (Lipinski definition) is 7. The van der Waals surface area contributed by atoms with Crippen LogP contribution in [0.1, 0.15) is 30.0 Å². The van der Waals surface area contributed by atoms with Crippen molar-refractivity contribution in [3.63, 3.8) is 0 Å². The van der Waals surface area contributed by atoms with Crippen LogP contribution in [0.15, 0.2) is 64.1 Å². The third-order valence-corrected chi connectivity index (χ3v) is 5.34. The van der Waals surface area contributed by atoms with E-state index in [0.29, 0.717) is 5.75 Å². The maximum absolute atomic E-state index is 12.6. The molecule has 0 aliphatic heterocycles. The largest absolute Gasteiger partial charge is 0.497 e. The molecule has 1 unspecified atom stereocenters. The van der Waals surface area contributed by atoms with E-state index < -0.39 is 22.8 Å². The van der Waals surface area contributed by atoms with Gasteiger partial charge in [-0.3, -0.25) is 19.7 Å². The third kappa shape index (κ3) is 6.24. The molecule has 2 aromatic carbocycles. The average molecular weight is 499 g/mol. The minimum atomic E-state index is -0.870. The lowest BCUT2D eigenvalue weighted by atomic mass is 10.0. The Bertz CT molecular complexity index is 1270. The van der Waals surface area contributed by atoms with Gasteiger partial charge >= 0.3 is 0 Å². The quantitative estimate of drug-likeness (QED) is 0.254. The number of furan rings is 1. The lowest BCUT2D eigenvalue weighted by Crippen LogP contribution is -2.48. The van der Waals surface area contributed by atoms with Gasteiger partial charge in [-0.05, 0) is 42.3 Å². The summed E-state index contributed by atoms with van der Waals surface area (Å²) in [5.41, 5.74) is 2.72. The molecule has 0 aliphatic carbocycles. The molecule has 0 spiro atoms. The van der Waals surface area contributed by atoms with Crippen molar-refractivity contribution in [1.29, 1.82) is 0 Å². The van der Waals surface area contributed by atoms with E-state index in [2.05, 4.69) is 15.8 Å². The molecule has 3 rings (SSSR count). The summed E-state index contributed by atoms with van der Waals surface area (Å²) in [6, 6.07) is 13.2. The Kier molecular flexibility index (Phi) is 8.21. The van der Waals surface area contributed by atoms with Gasteiger partial charge in [0.2, 0.25) is 0 Å². The van der Waals surface area contributed by atoms with Crippen molar-refractivity contribution in [2.24, 2.45) is 11.0 Å². The van der Waals surface area contributed by atoms with Gasteiger partial charge in [-0.2, -0.15) is 5.10 Å². The lowest BCUT2D eigenvalue weighted by molar-refractivity contribution is -0.384. The Morgan fingerprint density at radius 3 is 2.57 bits per heavy atom. The molecule has 1 heterocycles. The van der Waals surface area contributed by atoms with Crippen LogP contribution in [0, 0.1) is 16.0 Å². The molecule has 0 saturated carbocycles. The number of nitrogens with zero attached hydrogens (tertiary/aromatic N) is 2. The van der Waals surface area contributed by atoms with Crippen molar-refractivity contribution in [2.75, 3.05) is 7.11 Å². The molecule has 0 bridgehead atoms. The molecule has 1 aromatic heterocycles. The summed E-state index contributed by atoms with van der Waals surface area (Å²) in [6.45, 7) is 3.56. The van der Waals surface area contributed by atoms with Crippen LogP contribution >= 0.6 is 11.6 Å². The first-order chi connectivity index (χ1) is 16.7. The number of halogens is 1. The van der Waals surface area contributed by atoms with Gasteiger partial charge in [-0.15, -0.1) is 0 Å². The van der Waals surface area contributed by atoms with E-state index in [0.717, 1.165) is 0 Å². The predicted molar refractivity (Wildman–Crippen MR) is 131 cm³/mol. The number of carbonyl (C=O) groups is 2. The Hall–Kier alpha value is -4.18. The highest BCUT2D eigenvalue weighted by Crippen LogP contribution is 2.33. The van der Waals surface area contributed by atoms with E-state index >= 15 is 0 Å². The van der Waals surface area contributed by atoms with Gasteiger partial charge in [0.15, 0.2) is 0 Å². The van der Waals surface area contributed by atoms with Crippen LogP contribution < -0.4 is 15.5 Å². The molecule has 10 nitrogen and oxygen atoms in total. The maximum Gasteiger partial charge on any atom is 0.284 e. The SMILES string of the molecule is COc1ccc(-c2ccc(C=NNC(=O)C(NC(=O)c3ccccc3Cl)C(C)C)o2)c([N+](=O)[O-])c1. The zero-order valence-electron chi connectivity index (χ0n) is 19.2. The lowest BCUT2D eigenvalue weighted by Gasteiger charge is -2.20. The normalized spacial score (nSPS) is 11.9. The van der Waals surface area contributed by atoms with E-state index in [9.17, 15) is 19.7 Å². The number of nitro groups is 1. The fourth-order valence-electron chi connectivity index (χ4n) is 3.19. The molecule has 11 heteroatoms. The van der Waals surface area contributed by atoms with Crippen molar-refractivity contribution < 1.29 is 23.7 Å². The molecule has 35 heavy (non-hydrogen) atoms. The van der Waals surface area contributed by atoms with Crippen molar-refractivity contribution in [1.82, 2.24) is 10.7 Å². The number of rotatable bonds is 9. The monoisotopic (exact) mass is 498 g/mol. The van der Waals surface area contributed by atoms with Crippen molar-refractivity contribution >= 4 is 35.3 Å². The third-order valence-electron chi connectivity index (χ3n) is 5.01. The molecule has 0 saturated heterocycles. The summed E-state index contributed by atoms with van der Waals surface area (Å²) >= 11 is 6.06. The molecule has 2 amide bonds. The van der Waals surface area contributed by atoms with E-state index in [1.165, 1.54) is 25.5 Å². The second-order valence-corrected chi connectivity index (χ2v) is 8.16. The molecule has 3 aromatic rings. The van der Waals surface area contributed by atoms with Gasteiger partial charge in [0.05, 0.1) is 40.5 Å². The number of nitro benzene ring substituents is 1. The average Bonchev–Trinajstić information content (AvgIpc) is 3.30. The van der Waals surface area contributed by atoms with Crippen molar-refractivity contribution in [3.05, 3.63) is 81.1 Å². The van der Waals surface area contributed by atoms with Gasteiger partial charge in [0.1, 0.15) is 23.3 Å². The number of ether oxygens (including phenoxy) is 1. The minimum absolute atomic E-state index is 0.176. The van der Waals surface area contributed by atoms with Crippen LogP contribution in [0.25, 0.3) is 11.3 Å². The highest BCUT2D eigenvalue weighted by Gasteiger charge is 2.25. The predicted octanol–water partition coefficient (Wildman–Crippen LogP) is 4.42. The van der Waals surface area contributed by atoms with Crippen molar-refractivity contribution in [3.8, 4) is 17.1 Å². The van der Waals surface area contributed by atoms with Crippen LogP contribution in [0.3, 0.4) is 0 Å². The molecule has 182 valence electrons. The van der Waals surface area contributed by atoms with Gasteiger partial charge in [0.25, 0.3) is 17.5 Å². The van der Waals surface area contributed by atoms with Crippen LogP contribution in [0.2, 0.25) is 5.02 Å². The highest BCUT2D eigenvalue weighted by molar-refractivity contribution is 6.33. The van der Waals surface area contributed by atoms with Gasteiger partial charge < -0.3 is 14.5 Å². The zero-order chi connectivity index (χ0) is 25.5. The number of nitrogens with one attached hydrogen (secondary N) is 2. The first-order valence-corrected chi connectivity index (χ1v) is 10.9. The molecule has 0 radical (unpaired) electrons. The summed E-state index contributed by atoms with van der Waals surface area (Å²) in [4.78, 5) is 36.1. The van der Waals surface area contributed by atoms with Crippen LogP contribution in [-0.2, 0) is 4.79 Å². The van der Waals surface area contributed by atoms with Crippen LogP contribution in [0.4, 0.5) is 5.69 Å². The number of benzene rings is 2. The number of hydrazone groups is 1. The minimum Gasteiger partial charge on any atom is -0.497 e. The molecular weight excluding hydrogens is 476 g/mol. The Morgan fingerprint density at radius 2 is 1.91 bits per heavy atom. The maximum atomic E-state index is 12.6. The Morgan fingerprint density at radius 1 is 1.17 bits per heavy atom. The van der Waals surface area contributed by atoms with E-state index in [1.807, 2.05) is 0 Å². The fraction of sp³-hybridized carbons (Fsp3) is 0.208. The zero-order valence-corrected chi connectivity index (χ0v) is 19.9. The Labute approximate surface area is 206 Å². The van der Waals surface area contributed by atoms with Crippen LogP contribution in [-0.4, -0.2) is 36.1 Å². The van der Waals surface area contributed by atoms with Crippen LogP contribution in [0.5, 0.6) is 5.75 Å². The van der Waals surface area contributed by atoms with Gasteiger partial charge in [0, 0.05) is 0 Å². The second kappa shape index (κ2) is 11.3. The van der Waals surface area contributed by atoms with Crippen molar-refractivity contribution in [2.45, 2.75) is 19.9 Å². The van der Waals surface area contributed by atoms with E-state index in [1.54, 1.807) is 56.3 Å². The summed E-state index contributed by atoms with van der Waals surface area (Å²) in [5.74, 6) is -0.398. The summed E-state index contributed by atoms with van der Waals surface area (Å²) in [7, 11) is 1.42. The molecule has 1 atom stereocenters. The molecule has 2 N–H and O–H groups in total. The van der Waals surface area contributed by atoms with Gasteiger partial charge in [-0.1, -0.05) is 37.6 Å². The topological polar surface area (TPSA) is 136 Å². The number of amides is 2. The number of methoxy groups -OCH3 is 1. The van der Waals surface area contributed by atoms with E-state index in [4.69, 9.17) is 20.8 Å².